The van der Waals surface area contributed by atoms with Crippen LogP contribution in [-0.4, -0.2) is 15.7 Å². The Labute approximate surface area is 146 Å². The zero-order valence-electron chi connectivity index (χ0n) is 13.0. The SMILES string of the molecule is O=C(Nc1c2c(nn1-c1ccc(F)cc1)CSC2)c1ccc(F)cc1. The summed E-state index contributed by atoms with van der Waals surface area (Å²) in [7, 11) is 0. The average molecular weight is 357 g/mol. The summed E-state index contributed by atoms with van der Waals surface area (Å²) in [6, 6.07) is 11.3. The Balaban J connectivity index is 1.72. The first-order valence-electron chi connectivity index (χ1n) is 7.63. The van der Waals surface area contributed by atoms with Crippen molar-refractivity contribution in [2.24, 2.45) is 0 Å². The van der Waals surface area contributed by atoms with E-state index in [1.807, 2.05) is 0 Å². The van der Waals surface area contributed by atoms with Crippen molar-refractivity contribution in [3.8, 4) is 5.69 Å². The summed E-state index contributed by atoms with van der Waals surface area (Å²) in [5.74, 6) is 1.00. The molecule has 7 heteroatoms. The third-order valence-electron chi connectivity index (χ3n) is 3.96. The molecule has 1 amide bonds. The molecule has 1 aromatic heterocycles. The Hall–Kier alpha value is -2.67. The van der Waals surface area contributed by atoms with Gasteiger partial charge in [0.05, 0.1) is 11.4 Å². The molecule has 3 aromatic rings. The zero-order chi connectivity index (χ0) is 17.4. The van der Waals surface area contributed by atoms with Crippen LogP contribution in [0.1, 0.15) is 21.6 Å². The Morgan fingerprint density at radius 3 is 2.32 bits per heavy atom. The molecule has 1 aliphatic heterocycles. The Morgan fingerprint density at radius 2 is 1.64 bits per heavy atom. The summed E-state index contributed by atoms with van der Waals surface area (Å²) in [6.45, 7) is 0. The molecule has 2 aromatic carbocycles. The van der Waals surface area contributed by atoms with Crippen LogP contribution in [0.3, 0.4) is 0 Å². The van der Waals surface area contributed by atoms with Crippen molar-refractivity contribution in [3.63, 3.8) is 0 Å². The van der Waals surface area contributed by atoms with Gasteiger partial charge in [-0.15, -0.1) is 0 Å². The predicted molar refractivity (Wildman–Crippen MR) is 92.9 cm³/mol. The van der Waals surface area contributed by atoms with Gasteiger partial charge >= 0.3 is 0 Å². The number of hydrogen-bond donors (Lipinski definition) is 1. The van der Waals surface area contributed by atoms with Crippen LogP contribution in [0, 0.1) is 11.6 Å². The van der Waals surface area contributed by atoms with Crippen LogP contribution in [0.5, 0.6) is 0 Å². The van der Waals surface area contributed by atoms with E-state index in [1.165, 1.54) is 36.4 Å². The number of hydrogen-bond acceptors (Lipinski definition) is 3. The minimum atomic E-state index is -0.398. The number of carbonyl (C=O) groups excluding carboxylic acids is 1. The smallest absolute Gasteiger partial charge is 0.256 e. The Kier molecular flexibility index (Phi) is 4.01. The number of amides is 1. The van der Waals surface area contributed by atoms with Crippen molar-refractivity contribution in [3.05, 3.63) is 77.0 Å². The maximum Gasteiger partial charge on any atom is 0.256 e. The second kappa shape index (κ2) is 6.33. The van der Waals surface area contributed by atoms with Crippen molar-refractivity contribution in [1.29, 1.82) is 0 Å². The van der Waals surface area contributed by atoms with Gasteiger partial charge in [0, 0.05) is 22.6 Å². The molecule has 25 heavy (non-hydrogen) atoms. The topological polar surface area (TPSA) is 46.9 Å². The number of anilines is 1. The fraction of sp³-hybridized carbons (Fsp3) is 0.111. The highest BCUT2D eigenvalue weighted by atomic mass is 32.2. The lowest BCUT2D eigenvalue weighted by Crippen LogP contribution is -2.16. The van der Waals surface area contributed by atoms with E-state index >= 15 is 0 Å². The lowest BCUT2D eigenvalue weighted by Gasteiger charge is -2.11. The third-order valence-corrected chi connectivity index (χ3v) is 4.93. The molecule has 0 bridgehead atoms. The van der Waals surface area contributed by atoms with Gasteiger partial charge < -0.3 is 5.32 Å². The lowest BCUT2D eigenvalue weighted by molar-refractivity contribution is 0.102. The number of nitrogens with one attached hydrogen (secondary N) is 1. The quantitative estimate of drug-likeness (QED) is 0.766. The monoisotopic (exact) mass is 357 g/mol. The van der Waals surface area contributed by atoms with Crippen molar-refractivity contribution in [1.82, 2.24) is 9.78 Å². The summed E-state index contributed by atoms with van der Waals surface area (Å²) < 4.78 is 27.9. The van der Waals surface area contributed by atoms with Crippen molar-refractivity contribution in [2.45, 2.75) is 11.5 Å². The maximum absolute atomic E-state index is 13.2. The number of carbonyl (C=O) groups is 1. The van der Waals surface area contributed by atoms with Gasteiger partial charge in [0.25, 0.3) is 5.91 Å². The van der Waals surface area contributed by atoms with E-state index in [0.29, 0.717) is 17.1 Å². The highest BCUT2D eigenvalue weighted by Crippen LogP contribution is 2.36. The molecule has 0 spiro atoms. The van der Waals surface area contributed by atoms with E-state index in [-0.39, 0.29) is 11.7 Å². The first-order chi connectivity index (χ1) is 12.1. The van der Waals surface area contributed by atoms with E-state index in [2.05, 4.69) is 10.4 Å². The number of aromatic nitrogens is 2. The average Bonchev–Trinajstić information content (AvgIpc) is 3.19. The number of nitrogens with zero attached hydrogens (tertiary/aromatic N) is 2. The summed E-state index contributed by atoms with van der Waals surface area (Å²) in [6.07, 6.45) is 0. The number of benzene rings is 2. The van der Waals surface area contributed by atoms with Crippen LogP contribution in [0.15, 0.2) is 48.5 Å². The van der Waals surface area contributed by atoms with Crippen LogP contribution in [-0.2, 0) is 11.5 Å². The molecule has 126 valence electrons. The minimum Gasteiger partial charge on any atom is -0.306 e. The van der Waals surface area contributed by atoms with Crippen LogP contribution in [0.25, 0.3) is 5.69 Å². The third kappa shape index (κ3) is 3.02. The molecule has 1 aliphatic rings. The molecule has 1 N–H and O–H groups in total. The first-order valence-corrected chi connectivity index (χ1v) is 8.78. The van der Waals surface area contributed by atoms with Crippen LogP contribution >= 0.6 is 11.8 Å². The highest BCUT2D eigenvalue weighted by molar-refractivity contribution is 7.98. The number of halogens is 2. The maximum atomic E-state index is 13.2. The second-order valence-electron chi connectivity index (χ2n) is 5.62. The zero-order valence-corrected chi connectivity index (χ0v) is 13.8. The summed E-state index contributed by atoms with van der Waals surface area (Å²) in [5, 5.41) is 7.42. The number of fused-ring (bicyclic) bond motifs is 1. The molecule has 4 nitrogen and oxygen atoms in total. The molecule has 0 aliphatic carbocycles. The van der Waals surface area contributed by atoms with Gasteiger partial charge in [0.15, 0.2) is 0 Å². The summed E-state index contributed by atoms with van der Waals surface area (Å²) in [4.78, 5) is 12.5. The first kappa shape index (κ1) is 15.8. The van der Waals surface area contributed by atoms with Gasteiger partial charge in [0.1, 0.15) is 17.5 Å². The van der Waals surface area contributed by atoms with Gasteiger partial charge in [-0.2, -0.15) is 16.9 Å². The number of rotatable bonds is 3. The largest absolute Gasteiger partial charge is 0.306 e. The van der Waals surface area contributed by atoms with Crippen molar-refractivity contribution in [2.75, 3.05) is 5.32 Å². The van der Waals surface area contributed by atoms with E-state index in [4.69, 9.17) is 0 Å². The van der Waals surface area contributed by atoms with Gasteiger partial charge in [0.2, 0.25) is 0 Å². The fourth-order valence-electron chi connectivity index (χ4n) is 2.69. The molecule has 0 saturated heterocycles. The molecule has 2 heterocycles. The molecule has 0 unspecified atom stereocenters. The fourth-order valence-corrected chi connectivity index (χ4v) is 3.73. The lowest BCUT2D eigenvalue weighted by atomic mass is 10.2. The van der Waals surface area contributed by atoms with Gasteiger partial charge in [-0.1, -0.05) is 0 Å². The van der Waals surface area contributed by atoms with Gasteiger partial charge in [-0.25, -0.2) is 13.5 Å². The van der Waals surface area contributed by atoms with E-state index in [1.54, 1.807) is 28.6 Å². The van der Waals surface area contributed by atoms with Crippen molar-refractivity contribution < 1.29 is 13.6 Å². The molecule has 0 saturated carbocycles. The number of thioether (sulfide) groups is 1. The molecular formula is C18H13F2N3OS. The predicted octanol–water partition coefficient (Wildman–Crippen LogP) is 4.15. The Bertz CT molecular complexity index is 936. The molecule has 0 fully saturated rings. The molecular weight excluding hydrogens is 344 g/mol. The van der Waals surface area contributed by atoms with E-state index in [9.17, 15) is 13.6 Å². The second-order valence-corrected chi connectivity index (χ2v) is 6.60. The molecule has 0 atom stereocenters. The van der Waals surface area contributed by atoms with Crippen LogP contribution in [0.2, 0.25) is 0 Å². The van der Waals surface area contributed by atoms with Gasteiger partial charge in [-0.3, -0.25) is 4.79 Å². The molecule has 4 rings (SSSR count). The van der Waals surface area contributed by atoms with Crippen LogP contribution < -0.4 is 5.32 Å². The summed E-state index contributed by atoms with van der Waals surface area (Å²) in [5.41, 5.74) is 2.89. The Morgan fingerprint density at radius 1 is 1.00 bits per heavy atom. The minimum absolute atomic E-state index is 0.337. The van der Waals surface area contributed by atoms with Crippen LogP contribution in [0.4, 0.5) is 14.6 Å². The normalized spacial score (nSPS) is 12.9. The molecule has 0 radical (unpaired) electrons. The highest BCUT2D eigenvalue weighted by Gasteiger charge is 2.25. The van der Waals surface area contributed by atoms with E-state index in [0.717, 1.165) is 22.8 Å². The summed E-state index contributed by atoms with van der Waals surface area (Å²) >= 11 is 1.72. The standard InChI is InChI=1S/C18H13F2N3OS/c19-12-3-1-11(2-4-12)18(24)21-17-15-9-25-10-16(15)22-23(17)14-7-5-13(20)6-8-14/h1-8H,9-10H2,(H,21,24). The van der Waals surface area contributed by atoms with E-state index < -0.39 is 5.82 Å². The van der Waals surface area contributed by atoms with Gasteiger partial charge in [-0.05, 0) is 48.5 Å². The van der Waals surface area contributed by atoms with Crippen molar-refractivity contribution >= 4 is 23.5 Å².